The quantitative estimate of drug-likeness (QED) is 0.644. The number of aromatic nitrogens is 1. The van der Waals surface area contributed by atoms with Crippen LogP contribution < -0.4 is 4.74 Å². The van der Waals surface area contributed by atoms with Crippen molar-refractivity contribution in [3.05, 3.63) is 53.9 Å². The number of carboxylic acids is 1. The Kier molecular flexibility index (Phi) is 6.55. The number of aromatic carboxylic acids is 1. The van der Waals surface area contributed by atoms with E-state index in [0.717, 1.165) is 50.2 Å². The Labute approximate surface area is 131 Å². The van der Waals surface area contributed by atoms with Crippen molar-refractivity contribution in [2.75, 3.05) is 6.61 Å². The van der Waals surface area contributed by atoms with E-state index < -0.39 is 5.97 Å². The molecule has 0 spiro atoms. The molecule has 1 aromatic heterocycles. The summed E-state index contributed by atoms with van der Waals surface area (Å²) in [6.45, 7) is 0.766. The number of carbonyl (C=O) groups is 1. The lowest BCUT2D eigenvalue weighted by Gasteiger charge is -2.05. The first-order valence-electron chi connectivity index (χ1n) is 7.85. The normalized spacial score (nSPS) is 10.5. The maximum atomic E-state index is 10.8. The molecule has 0 aliphatic heterocycles. The van der Waals surface area contributed by atoms with E-state index in [-0.39, 0.29) is 5.69 Å². The van der Waals surface area contributed by atoms with Gasteiger partial charge in [-0.2, -0.15) is 0 Å². The molecule has 0 bridgehead atoms. The SMILES string of the molecule is O=C(O)c1ccc(CCCCCCCOc2ccccc2)[nH]1. The number of carboxylic acid groups (broad SMARTS) is 1. The molecule has 0 unspecified atom stereocenters. The zero-order valence-corrected chi connectivity index (χ0v) is 12.8. The van der Waals surface area contributed by atoms with Gasteiger partial charge in [-0.1, -0.05) is 37.5 Å². The van der Waals surface area contributed by atoms with Crippen molar-refractivity contribution in [1.29, 1.82) is 0 Å². The van der Waals surface area contributed by atoms with Crippen molar-refractivity contribution in [3.63, 3.8) is 0 Å². The second kappa shape index (κ2) is 8.93. The molecule has 0 radical (unpaired) electrons. The number of aromatic amines is 1. The van der Waals surface area contributed by atoms with Gasteiger partial charge in [0, 0.05) is 5.69 Å². The highest BCUT2D eigenvalue weighted by molar-refractivity contribution is 5.85. The zero-order chi connectivity index (χ0) is 15.6. The molecule has 2 aromatic rings. The molecule has 0 aliphatic carbocycles. The third-order valence-corrected chi connectivity index (χ3v) is 3.58. The number of benzene rings is 1. The molecule has 2 N–H and O–H groups in total. The molecule has 0 aliphatic rings. The minimum absolute atomic E-state index is 0.271. The first-order valence-corrected chi connectivity index (χ1v) is 7.85. The predicted molar refractivity (Wildman–Crippen MR) is 86.5 cm³/mol. The first-order chi connectivity index (χ1) is 10.8. The number of para-hydroxylation sites is 1. The zero-order valence-electron chi connectivity index (χ0n) is 12.8. The number of ether oxygens (including phenoxy) is 1. The van der Waals surface area contributed by atoms with Crippen LogP contribution in [-0.4, -0.2) is 22.7 Å². The summed E-state index contributed by atoms with van der Waals surface area (Å²) in [5.74, 6) is 0.0353. The van der Waals surface area contributed by atoms with Crippen LogP contribution in [0.4, 0.5) is 0 Å². The average Bonchev–Trinajstić information content (AvgIpc) is 3.00. The number of unbranched alkanes of at least 4 members (excludes halogenated alkanes) is 4. The lowest BCUT2D eigenvalue weighted by Crippen LogP contribution is -1.97. The van der Waals surface area contributed by atoms with Crippen LogP contribution in [0.25, 0.3) is 0 Å². The van der Waals surface area contributed by atoms with Crippen molar-refractivity contribution in [1.82, 2.24) is 4.98 Å². The van der Waals surface area contributed by atoms with Gasteiger partial charge in [-0.05, 0) is 43.5 Å². The van der Waals surface area contributed by atoms with E-state index in [2.05, 4.69) is 4.98 Å². The highest BCUT2D eigenvalue weighted by Gasteiger charge is 2.05. The fraction of sp³-hybridized carbons (Fsp3) is 0.389. The Hall–Kier alpha value is -2.23. The third kappa shape index (κ3) is 5.64. The van der Waals surface area contributed by atoms with E-state index in [1.54, 1.807) is 6.07 Å². The summed E-state index contributed by atoms with van der Waals surface area (Å²) in [7, 11) is 0. The van der Waals surface area contributed by atoms with Crippen LogP contribution >= 0.6 is 0 Å². The minimum Gasteiger partial charge on any atom is -0.494 e. The molecule has 0 saturated heterocycles. The number of rotatable bonds is 10. The standard InChI is InChI=1S/C18H23NO3/c20-18(21)17-13-12-15(19-17)9-5-2-1-3-8-14-22-16-10-6-4-7-11-16/h4,6-7,10-13,19H,1-3,5,8-9,14H2,(H,20,21). The van der Waals surface area contributed by atoms with E-state index in [1.165, 1.54) is 6.42 Å². The Bertz CT molecular complexity index is 563. The molecule has 22 heavy (non-hydrogen) atoms. The molecular weight excluding hydrogens is 278 g/mol. The van der Waals surface area contributed by atoms with Gasteiger partial charge in [0.25, 0.3) is 0 Å². The Morgan fingerprint density at radius 2 is 1.68 bits per heavy atom. The van der Waals surface area contributed by atoms with Gasteiger partial charge in [0.2, 0.25) is 0 Å². The first kappa shape index (κ1) is 16.1. The number of hydrogen-bond acceptors (Lipinski definition) is 2. The van der Waals surface area contributed by atoms with E-state index in [9.17, 15) is 4.79 Å². The second-order valence-corrected chi connectivity index (χ2v) is 5.38. The number of hydrogen-bond donors (Lipinski definition) is 2. The maximum absolute atomic E-state index is 10.8. The van der Waals surface area contributed by atoms with Crippen LogP contribution in [0.5, 0.6) is 5.75 Å². The smallest absolute Gasteiger partial charge is 0.352 e. The Balaban J connectivity index is 1.48. The molecule has 0 amide bonds. The second-order valence-electron chi connectivity index (χ2n) is 5.38. The maximum Gasteiger partial charge on any atom is 0.352 e. The van der Waals surface area contributed by atoms with E-state index in [1.807, 2.05) is 36.4 Å². The minimum atomic E-state index is -0.898. The van der Waals surface area contributed by atoms with Gasteiger partial charge >= 0.3 is 5.97 Å². The van der Waals surface area contributed by atoms with Gasteiger partial charge in [-0.15, -0.1) is 0 Å². The summed E-state index contributed by atoms with van der Waals surface area (Å²) in [5.41, 5.74) is 1.28. The average molecular weight is 301 g/mol. The lowest BCUT2D eigenvalue weighted by atomic mass is 10.1. The van der Waals surface area contributed by atoms with Crippen LogP contribution in [0, 0.1) is 0 Å². The van der Waals surface area contributed by atoms with Gasteiger partial charge < -0.3 is 14.8 Å². The van der Waals surface area contributed by atoms with Gasteiger partial charge in [0.05, 0.1) is 6.61 Å². The molecule has 118 valence electrons. The molecule has 0 saturated carbocycles. The van der Waals surface area contributed by atoms with Crippen molar-refractivity contribution in [3.8, 4) is 5.75 Å². The van der Waals surface area contributed by atoms with Crippen LogP contribution in [-0.2, 0) is 6.42 Å². The Morgan fingerprint density at radius 3 is 2.41 bits per heavy atom. The van der Waals surface area contributed by atoms with Gasteiger partial charge in [-0.3, -0.25) is 0 Å². The topological polar surface area (TPSA) is 62.3 Å². The highest BCUT2D eigenvalue weighted by atomic mass is 16.5. The summed E-state index contributed by atoms with van der Waals surface area (Å²) < 4.78 is 5.65. The lowest BCUT2D eigenvalue weighted by molar-refractivity contribution is 0.0691. The summed E-state index contributed by atoms with van der Waals surface area (Å²) in [5, 5.41) is 8.83. The molecule has 4 heteroatoms. The highest BCUT2D eigenvalue weighted by Crippen LogP contribution is 2.11. The molecule has 2 rings (SSSR count). The van der Waals surface area contributed by atoms with Crippen molar-refractivity contribution < 1.29 is 14.6 Å². The summed E-state index contributed by atoms with van der Waals surface area (Å²) in [4.78, 5) is 13.7. The molecule has 1 aromatic carbocycles. The number of nitrogens with one attached hydrogen (secondary N) is 1. The summed E-state index contributed by atoms with van der Waals surface area (Å²) in [6, 6.07) is 13.4. The van der Waals surface area contributed by atoms with Crippen molar-refractivity contribution >= 4 is 5.97 Å². The van der Waals surface area contributed by atoms with Crippen LogP contribution in [0.3, 0.4) is 0 Å². The molecule has 0 fully saturated rings. The Morgan fingerprint density at radius 1 is 0.955 bits per heavy atom. The van der Waals surface area contributed by atoms with Gasteiger partial charge in [-0.25, -0.2) is 4.79 Å². The van der Waals surface area contributed by atoms with Crippen LogP contribution in [0.1, 0.15) is 48.3 Å². The van der Waals surface area contributed by atoms with Gasteiger partial charge in [0.1, 0.15) is 11.4 Å². The van der Waals surface area contributed by atoms with E-state index in [0.29, 0.717) is 0 Å². The van der Waals surface area contributed by atoms with Crippen LogP contribution in [0.15, 0.2) is 42.5 Å². The summed E-state index contributed by atoms with van der Waals surface area (Å²) in [6.07, 6.45) is 6.57. The fourth-order valence-electron chi connectivity index (χ4n) is 2.37. The molecule has 0 atom stereocenters. The van der Waals surface area contributed by atoms with Gasteiger partial charge in [0.15, 0.2) is 0 Å². The third-order valence-electron chi connectivity index (χ3n) is 3.58. The van der Waals surface area contributed by atoms with E-state index in [4.69, 9.17) is 9.84 Å². The fourth-order valence-corrected chi connectivity index (χ4v) is 2.37. The molecule has 4 nitrogen and oxygen atoms in total. The number of aryl methyl sites for hydroxylation is 1. The summed E-state index contributed by atoms with van der Waals surface area (Å²) >= 11 is 0. The van der Waals surface area contributed by atoms with Crippen LogP contribution in [0.2, 0.25) is 0 Å². The van der Waals surface area contributed by atoms with E-state index >= 15 is 0 Å². The van der Waals surface area contributed by atoms with Crippen molar-refractivity contribution in [2.24, 2.45) is 0 Å². The molecule has 1 heterocycles. The predicted octanol–water partition coefficient (Wildman–Crippen LogP) is 4.28. The number of H-pyrrole nitrogens is 1. The monoisotopic (exact) mass is 301 g/mol. The van der Waals surface area contributed by atoms with Crippen molar-refractivity contribution in [2.45, 2.75) is 38.5 Å². The molecular formula is C18H23NO3. The largest absolute Gasteiger partial charge is 0.494 e.